The number of benzene rings is 2. The molecule has 0 aliphatic carbocycles. The third kappa shape index (κ3) is 4.50. The largest absolute Gasteiger partial charge is 0.490 e. The molecule has 0 fully saturated rings. The van der Waals surface area contributed by atoms with Crippen LogP contribution in [-0.4, -0.2) is 32.2 Å². The minimum absolute atomic E-state index is 0.738. The van der Waals surface area contributed by atoms with Crippen molar-refractivity contribution in [1.82, 2.24) is 15.0 Å². The van der Waals surface area contributed by atoms with Gasteiger partial charge in [0.15, 0.2) is 5.76 Å². The molecule has 5 rings (SSSR count). The van der Waals surface area contributed by atoms with Gasteiger partial charge in [-0.1, -0.05) is 28.1 Å². The fourth-order valence-electron chi connectivity index (χ4n) is 3.02. The van der Waals surface area contributed by atoms with Crippen LogP contribution in [0.25, 0.3) is 44.8 Å². The predicted octanol–water partition coefficient (Wildman–Crippen LogP) is 6.43. The van der Waals surface area contributed by atoms with Crippen LogP contribution in [-0.2, 0) is 4.79 Å². The number of carboxylic acid groups (broad SMARTS) is 1. The first-order valence-electron chi connectivity index (χ1n) is 9.12. The molecule has 0 aliphatic heterocycles. The first kappa shape index (κ1) is 21.6. The molecular formula is C22H13BrF3N3O3. The van der Waals surface area contributed by atoms with Crippen LogP contribution in [0, 0.1) is 0 Å². The van der Waals surface area contributed by atoms with Crippen molar-refractivity contribution in [2.45, 2.75) is 6.18 Å². The van der Waals surface area contributed by atoms with E-state index in [1.807, 2.05) is 54.6 Å². The summed E-state index contributed by atoms with van der Waals surface area (Å²) in [5.74, 6) is -1.20. The van der Waals surface area contributed by atoms with E-state index in [2.05, 4.69) is 27.0 Å². The number of hydrogen-bond acceptors (Lipinski definition) is 4. The number of pyridine rings is 1. The number of aromatic amines is 1. The molecule has 162 valence electrons. The summed E-state index contributed by atoms with van der Waals surface area (Å²) >= 11 is 3.55. The molecule has 0 spiro atoms. The minimum atomic E-state index is -5.08. The number of aliphatic carboxylic acids is 1. The normalized spacial score (nSPS) is 11.4. The number of carboxylic acids is 1. The molecular weight excluding hydrogens is 491 g/mol. The Morgan fingerprint density at radius 1 is 1.00 bits per heavy atom. The summed E-state index contributed by atoms with van der Waals surface area (Å²) in [4.78, 5) is 21.8. The Hall–Kier alpha value is -3.66. The number of para-hydroxylation sites is 2. The molecule has 32 heavy (non-hydrogen) atoms. The van der Waals surface area contributed by atoms with E-state index in [4.69, 9.17) is 24.3 Å². The van der Waals surface area contributed by atoms with Gasteiger partial charge in [-0.15, -0.1) is 0 Å². The van der Waals surface area contributed by atoms with E-state index < -0.39 is 12.1 Å². The Bertz CT molecular complexity index is 1380. The number of imidazole rings is 1. The summed E-state index contributed by atoms with van der Waals surface area (Å²) < 4.78 is 38.3. The molecule has 0 bridgehead atoms. The smallest absolute Gasteiger partial charge is 0.475 e. The SMILES string of the molecule is Brc1ccc2nc(-c3ccco3)cc(-c3nc4ccccc4[nH]3)c2c1.O=C(O)C(F)(F)F. The zero-order valence-electron chi connectivity index (χ0n) is 16.0. The van der Waals surface area contributed by atoms with Crippen LogP contribution < -0.4 is 0 Å². The van der Waals surface area contributed by atoms with Crippen LogP contribution in [0.15, 0.2) is 75.8 Å². The number of nitrogens with one attached hydrogen (secondary N) is 1. The Kier molecular flexibility index (Phi) is 5.70. The van der Waals surface area contributed by atoms with Gasteiger partial charge in [0.25, 0.3) is 0 Å². The fraction of sp³-hybridized carbons (Fsp3) is 0.0455. The molecule has 6 nitrogen and oxygen atoms in total. The third-order valence-corrected chi connectivity index (χ3v) is 4.92. The zero-order valence-corrected chi connectivity index (χ0v) is 17.6. The minimum Gasteiger partial charge on any atom is -0.475 e. The molecule has 2 aromatic carbocycles. The average Bonchev–Trinajstić information content (AvgIpc) is 3.42. The van der Waals surface area contributed by atoms with Crippen LogP contribution in [0.3, 0.4) is 0 Å². The molecule has 5 aromatic rings. The van der Waals surface area contributed by atoms with E-state index >= 15 is 0 Å². The van der Waals surface area contributed by atoms with Crippen molar-refractivity contribution in [1.29, 1.82) is 0 Å². The number of hydrogen-bond donors (Lipinski definition) is 2. The van der Waals surface area contributed by atoms with E-state index in [0.717, 1.165) is 49.3 Å². The number of rotatable bonds is 2. The third-order valence-electron chi connectivity index (χ3n) is 4.43. The van der Waals surface area contributed by atoms with Crippen LogP contribution in [0.1, 0.15) is 0 Å². The van der Waals surface area contributed by atoms with Gasteiger partial charge < -0.3 is 14.5 Å². The number of aromatic nitrogens is 3. The molecule has 2 N–H and O–H groups in total. The van der Waals surface area contributed by atoms with Gasteiger partial charge in [-0.2, -0.15) is 13.2 Å². The molecule has 0 unspecified atom stereocenters. The summed E-state index contributed by atoms with van der Waals surface area (Å²) in [5, 5.41) is 8.16. The summed E-state index contributed by atoms with van der Waals surface area (Å²) in [6.07, 6.45) is -3.43. The van der Waals surface area contributed by atoms with Gasteiger partial charge >= 0.3 is 12.1 Å². The van der Waals surface area contributed by atoms with E-state index in [0.29, 0.717) is 0 Å². The van der Waals surface area contributed by atoms with E-state index in [1.54, 1.807) is 6.26 Å². The highest BCUT2D eigenvalue weighted by Crippen LogP contribution is 2.33. The lowest BCUT2D eigenvalue weighted by Gasteiger charge is -2.07. The lowest BCUT2D eigenvalue weighted by molar-refractivity contribution is -0.192. The van der Waals surface area contributed by atoms with Crippen molar-refractivity contribution in [3.63, 3.8) is 0 Å². The molecule has 0 aliphatic rings. The molecule has 0 atom stereocenters. The van der Waals surface area contributed by atoms with Crippen molar-refractivity contribution >= 4 is 43.8 Å². The van der Waals surface area contributed by atoms with Crippen molar-refractivity contribution in [2.75, 3.05) is 0 Å². The highest BCUT2D eigenvalue weighted by molar-refractivity contribution is 9.10. The fourth-order valence-corrected chi connectivity index (χ4v) is 3.39. The van der Waals surface area contributed by atoms with Crippen molar-refractivity contribution in [3.8, 4) is 22.8 Å². The van der Waals surface area contributed by atoms with Crippen LogP contribution in [0.5, 0.6) is 0 Å². The van der Waals surface area contributed by atoms with Crippen molar-refractivity contribution < 1.29 is 27.5 Å². The summed E-state index contributed by atoms with van der Waals surface area (Å²) in [6.45, 7) is 0. The number of nitrogens with zero attached hydrogens (tertiary/aromatic N) is 2. The maximum Gasteiger partial charge on any atom is 0.490 e. The van der Waals surface area contributed by atoms with Crippen molar-refractivity contribution in [2.24, 2.45) is 0 Å². The number of furan rings is 1. The Balaban J connectivity index is 0.000000307. The van der Waals surface area contributed by atoms with Gasteiger partial charge in [-0.3, -0.25) is 0 Å². The second-order valence-electron chi connectivity index (χ2n) is 6.60. The summed E-state index contributed by atoms with van der Waals surface area (Å²) in [5.41, 5.74) is 4.63. The standard InChI is InChI=1S/C20H12BrN3O.C2HF3O2/c21-12-7-8-15-13(10-12)14(11-18(22-15)19-6-3-9-25-19)20-23-16-4-1-2-5-17(16)24-20;3-2(4,5)1(6)7/h1-11H,(H,23,24);(H,6,7). The summed E-state index contributed by atoms with van der Waals surface area (Å²) in [6, 6.07) is 19.9. The summed E-state index contributed by atoms with van der Waals surface area (Å²) in [7, 11) is 0. The number of fused-ring (bicyclic) bond motifs is 2. The molecule has 0 radical (unpaired) electrons. The Labute approximate surface area is 186 Å². The highest BCUT2D eigenvalue weighted by atomic mass is 79.9. The number of H-pyrrole nitrogens is 1. The van der Waals surface area contributed by atoms with Crippen LogP contribution in [0.4, 0.5) is 13.2 Å². The monoisotopic (exact) mass is 503 g/mol. The first-order valence-corrected chi connectivity index (χ1v) is 9.91. The number of alkyl halides is 3. The first-order chi connectivity index (χ1) is 15.2. The van der Waals surface area contributed by atoms with E-state index in [1.165, 1.54) is 0 Å². The van der Waals surface area contributed by atoms with Gasteiger partial charge in [0.05, 0.1) is 22.8 Å². The zero-order chi connectivity index (χ0) is 22.9. The van der Waals surface area contributed by atoms with E-state index in [9.17, 15) is 13.2 Å². The van der Waals surface area contributed by atoms with Gasteiger partial charge in [0.2, 0.25) is 0 Å². The van der Waals surface area contributed by atoms with Crippen LogP contribution in [0.2, 0.25) is 0 Å². The molecule has 0 amide bonds. The predicted molar refractivity (Wildman–Crippen MR) is 116 cm³/mol. The molecule has 0 saturated carbocycles. The average molecular weight is 504 g/mol. The maximum absolute atomic E-state index is 10.6. The highest BCUT2D eigenvalue weighted by Gasteiger charge is 2.38. The van der Waals surface area contributed by atoms with E-state index in [-0.39, 0.29) is 0 Å². The second kappa shape index (κ2) is 8.46. The number of halogens is 4. The van der Waals surface area contributed by atoms with Crippen molar-refractivity contribution in [3.05, 3.63) is 71.4 Å². The molecule has 0 saturated heterocycles. The quantitative estimate of drug-likeness (QED) is 0.289. The number of carbonyl (C=O) groups is 1. The second-order valence-corrected chi connectivity index (χ2v) is 7.51. The molecule has 10 heteroatoms. The van der Waals surface area contributed by atoms with Gasteiger partial charge in [-0.25, -0.2) is 14.8 Å². The van der Waals surface area contributed by atoms with Crippen LogP contribution >= 0.6 is 15.9 Å². The molecule has 3 heterocycles. The van der Waals surface area contributed by atoms with Gasteiger partial charge in [0, 0.05) is 15.4 Å². The topological polar surface area (TPSA) is 92.0 Å². The van der Waals surface area contributed by atoms with Gasteiger partial charge in [-0.05, 0) is 48.5 Å². The maximum atomic E-state index is 10.6. The lowest BCUT2D eigenvalue weighted by Crippen LogP contribution is -2.21. The molecule has 3 aromatic heterocycles. The Morgan fingerprint density at radius 2 is 1.75 bits per heavy atom. The van der Waals surface area contributed by atoms with Gasteiger partial charge in [0.1, 0.15) is 11.5 Å². The Morgan fingerprint density at radius 3 is 2.41 bits per heavy atom. The lowest BCUT2D eigenvalue weighted by atomic mass is 10.1.